The second-order valence-corrected chi connectivity index (χ2v) is 21.5. The molecule has 3 aliphatic heterocycles. The standard InChI is InChI=1S/C47H49N5O8Si/c1-29-44(61(3,4)39-20-18-38(59-2)19-21-39)42(25-43(54)50-27-33-8-6-5-7-32(33)23-37(50)28-53)60-47(29)40-24-36(52(57)58)17-22-41(40)51(46(47)56)26-30-9-15-35(16-10-30)49-45(55)31-11-13-34(48)14-12-31/h5-22,24,29,37,42,44,53H,23,25-28,48H2,1-4H3,(H,49,55)/t29-,37+,42+,44-,47+/m1/s1. The third-order valence-corrected chi connectivity index (χ3v) is 17.4. The van der Waals surface area contributed by atoms with Crippen LogP contribution < -0.4 is 25.9 Å². The van der Waals surface area contributed by atoms with Gasteiger partial charge in [0.25, 0.3) is 17.5 Å². The van der Waals surface area contributed by atoms with Gasteiger partial charge in [0.2, 0.25) is 5.91 Å². The van der Waals surface area contributed by atoms with Crippen LogP contribution in [0.5, 0.6) is 5.75 Å². The predicted octanol–water partition coefficient (Wildman–Crippen LogP) is 6.54. The largest absolute Gasteiger partial charge is 0.497 e. The summed E-state index contributed by atoms with van der Waals surface area (Å²) in [5.41, 5.74) is 8.95. The minimum Gasteiger partial charge on any atom is -0.497 e. The number of amides is 3. The average molecular weight is 840 g/mol. The Morgan fingerprint density at radius 3 is 2.33 bits per heavy atom. The van der Waals surface area contributed by atoms with Gasteiger partial charge >= 0.3 is 0 Å². The van der Waals surface area contributed by atoms with Crippen LogP contribution in [0.15, 0.2) is 115 Å². The van der Waals surface area contributed by atoms with Crippen LogP contribution in [0, 0.1) is 16.0 Å². The van der Waals surface area contributed by atoms with Crippen molar-refractivity contribution in [2.75, 3.05) is 29.7 Å². The molecular weight excluding hydrogens is 791 g/mol. The number of nitrogen functional groups attached to an aromatic ring is 1. The van der Waals surface area contributed by atoms with Crippen molar-refractivity contribution in [3.8, 4) is 5.75 Å². The van der Waals surface area contributed by atoms with Crippen molar-refractivity contribution in [3.05, 3.63) is 153 Å². The van der Waals surface area contributed by atoms with Crippen LogP contribution in [0.3, 0.4) is 0 Å². The van der Waals surface area contributed by atoms with Gasteiger partial charge in [-0.3, -0.25) is 24.5 Å². The Morgan fingerprint density at radius 1 is 0.984 bits per heavy atom. The van der Waals surface area contributed by atoms with Crippen LogP contribution in [-0.2, 0) is 39.4 Å². The SMILES string of the molecule is COc1ccc([Si](C)(C)[C@H]2[C@H](CC(=O)N3Cc4ccccc4C[C@H]3CO)O[C@@]3(C(=O)N(Cc4ccc(NC(=O)c5ccc(N)cc5)cc4)c4ccc([N+](=O)[O-])cc43)[C@@H]2C)cc1. The fraction of sp³-hybridized carbons (Fsp3) is 0.298. The van der Waals surface area contributed by atoms with E-state index in [0.717, 1.165) is 21.9 Å². The van der Waals surface area contributed by atoms with E-state index in [-0.39, 0.29) is 48.5 Å². The molecule has 5 aromatic carbocycles. The molecule has 0 bridgehead atoms. The maximum Gasteiger partial charge on any atom is 0.269 e. The topological polar surface area (TPSA) is 178 Å². The number of carbonyl (C=O) groups is 3. The highest BCUT2D eigenvalue weighted by Gasteiger charge is 2.67. The lowest BCUT2D eigenvalue weighted by atomic mass is 9.82. The number of non-ortho nitro benzene ring substituents is 1. The molecule has 5 atom stereocenters. The van der Waals surface area contributed by atoms with E-state index in [4.69, 9.17) is 15.2 Å². The van der Waals surface area contributed by atoms with Gasteiger partial charge in [0, 0.05) is 47.1 Å². The highest BCUT2D eigenvalue weighted by Crippen LogP contribution is 2.60. The summed E-state index contributed by atoms with van der Waals surface area (Å²) in [4.78, 5) is 58.1. The summed E-state index contributed by atoms with van der Waals surface area (Å²) in [7, 11) is -1.07. The van der Waals surface area contributed by atoms with Crippen LogP contribution in [0.4, 0.5) is 22.7 Å². The van der Waals surface area contributed by atoms with E-state index in [9.17, 15) is 24.8 Å². The van der Waals surface area contributed by atoms with Crippen LogP contribution in [0.2, 0.25) is 18.6 Å². The van der Waals surface area contributed by atoms with Gasteiger partial charge in [-0.25, -0.2) is 0 Å². The van der Waals surface area contributed by atoms with Gasteiger partial charge in [-0.05, 0) is 83.2 Å². The molecule has 1 fully saturated rings. The van der Waals surface area contributed by atoms with E-state index in [1.165, 1.54) is 12.1 Å². The van der Waals surface area contributed by atoms with Crippen LogP contribution in [-0.4, -0.2) is 66.6 Å². The van der Waals surface area contributed by atoms with E-state index in [1.807, 2.05) is 67.6 Å². The van der Waals surface area contributed by atoms with Crippen molar-refractivity contribution in [1.82, 2.24) is 4.90 Å². The van der Waals surface area contributed by atoms with E-state index < -0.39 is 36.7 Å². The molecule has 1 spiro atoms. The summed E-state index contributed by atoms with van der Waals surface area (Å²) in [5.74, 6) is -0.678. The van der Waals surface area contributed by atoms with Gasteiger partial charge in [0.05, 0.1) is 57.5 Å². The third kappa shape index (κ3) is 7.44. The normalized spacial score (nSPS) is 21.9. The lowest BCUT2D eigenvalue weighted by molar-refractivity contribution is -0.385. The molecule has 314 valence electrons. The third-order valence-electron chi connectivity index (χ3n) is 13.0. The first-order valence-electron chi connectivity index (χ1n) is 20.4. The molecule has 0 unspecified atom stereocenters. The number of hydrogen-bond acceptors (Lipinski definition) is 9. The fourth-order valence-electron chi connectivity index (χ4n) is 9.82. The molecule has 4 N–H and O–H groups in total. The number of aliphatic hydroxyl groups excluding tert-OH is 1. The molecule has 1 saturated heterocycles. The number of fused-ring (bicyclic) bond motifs is 3. The minimum absolute atomic E-state index is 0.0525. The zero-order valence-electron chi connectivity index (χ0n) is 34.5. The number of anilines is 3. The molecule has 3 amide bonds. The number of benzene rings is 5. The number of rotatable bonds is 11. The number of nitrogens with zero attached hydrogens (tertiary/aromatic N) is 3. The number of aliphatic hydroxyl groups is 1. The number of nitrogens with two attached hydrogens (primary N) is 1. The van der Waals surface area contributed by atoms with Crippen LogP contribution in [0.25, 0.3) is 0 Å². The molecule has 0 aliphatic carbocycles. The maximum absolute atomic E-state index is 15.4. The first-order valence-corrected chi connectivity index (χ1v) is 23.5. The van der Waals surface area contributed by atoms with Gasteiger partial charge < -0.3 is 35.4 Å². The summed E-state index contributed by atoms with van der Waals surface area (Å²) < 4.78 is 12.6. The van der Waals surface area contributed by atoms with Gasteiger partial charge in [-0.15, -0.1) is 0 Å². The molecule has 0 aromatic heterocycles. The number of methoxy groups -OCH3 is 1. The Kier molecular flexibility index (Phi) is 11.0. The Morgan fingerprint density at radius 2 is 1.67 bits per heavy atom. The van der Waals surface area contributed by atoms with Crippen molar-refractivity contribution in [1.29, 1.82) is 0 Å². The average Bonchev–Trinajstić information content (AvgIpc) is 3.69. The molecule has 8 rings (SSSR count). The first kappa shape index (κ1) is 41.4. The number of carbonyl (C=O) groups excluding carboxylic acids is 3. The maximum atomic E-state index is 15.4. The number of nitro benzene ring substituents is 1. The van der Waals surface area contributed by atoms with Crippen molar-refractivity contribution < 1.29 is 33.9 Å². The summed E-state index contributed by atoms with van der Waals surface area (Å²) in [5, 5.41) is 26.8. The van der Waals surface area contributed by atoms with Gasteiger partial charge in [-0.2, -0.15) is 0 Å². The van der Waals surface area contributed by atoms with Crippen molar-refractivity contribution in [2.45, 2.75) is 69.2 Å². The molecule has 14 heteroatoms. The van der Waals surface area contributed by atoms with E-state index in [0.29, 0.717) is 46.9 Å². The molecule has 61 heavy (non-hydrogen) atoms. The zero-order chi connectivity index (χ0) is 43.2. The predicted molar refractivity (Wildman–Crippen MR) is 235 cm³/mol. The summed E-state index contributed by atoms with van der Waals surface area (Å²) in [6.07, 6.45) is -0.286. The molecule has 13 nitrogen and oxygen atoms in total. The van der Waals surface area contributed by atoms with Gasteiger partial charge in [0.1, 0.15) is 5.75 Å². The first-order chi connectivity index (χ1) is 29.2. The van der Waals surface area contributed by atoms with Crippen molar-refractivity contribution in [3.63, 3.8) is 0 Å². The molecule has 3 heterocycles. The van der Waals surface area contributed by atoms with Crippen molar-refractivity contribution in [2.24, 2.45) is 5.92 Å². The molecule has 5 aromatic rings. The van der Waals surface area contributed by atoms with Gasteiger partial charge in [-0.1, -0.05) is 73.7 Å². The lowest BCUT2D eigenvalue weighted by Gasteiger charge is -2.39. The highest BCUT2D eigenvalue weighted by molar-refractivity contribution is 6.91. The Labute approximate surface area is 355 Å². The quantitative estimate of drug-likeness (QED) is 0.0577. The Balaban J connectivity index is 1.15. The summed E-state index contributed by atoms with van der Waals surface area (Å²) in [6.45, 7) is 6.65. The fourth-order valence-corrected chi connectivity index (χ4v) is 13.8. The van der Waals surface area contributed by atoms with Crippen LogP contribution >= 0.6 is 0 Å². The minimum atomic E-state index is -2.68. The van der Waals surface area contributed by atoms with E-state index in [1.54, 1.807) is 59.4 Å². The number of nitrogens with one attached hydrogen (secondary N) is 1. The number of hydrogen-bond donors (Lipinski definition) is 3. The molecule has 3 aliphatic rings. The molecule has 0 radical (unpaired) electrons. The molecular formula is C47H49N5O8Si. The lowest BCUT2D eigenvalue weighted by Crippen LogP contribution is -2.52. The number of nitro groups is 1. The van der Waals surface area contributed by atoms with E-state index >= 15 is 4.79 Å². The second kappa shape index (κ2) is 16.3. The summed E-state index contributed by atoms with van der Waals surface area (Å²) >= 11 is 0. The summed E-state index contributed by atoms with van der Waals surface area (Å²) in [6, 6.07) is 33.6. The second-order valence-electron chi connectivity index (χ2n) is 16.8. The zero-order valence-corrected chi connectivity index (χ0v) is 35.5. The highest BCUT2D eigenvalue weighted by atomic mass is 28.3. The van der Waals surface area contributed by atoms with Crippen LogP contribution in [0.1, 0.15) is 46.0 Å². The smallest absolute Gasteiger partial charge is 0.269 e. The molecule has 0 saturated carbocycles. The monoisotopic (exact) mass is 839 g/mol. The van der Waals surface area contributed by atoms with Crippen molar-refractivity contribution >= 4 is 53.7 Å². The van der Waals surface area contributed by atoms with E-state index in [2.05, 4.69) is 18.4 Å². The Hall–Kier alpha value is -6.35. The Bertz CT molecular complexity index is 2500. The van der Waals surface area contributed by atoms with Gasteiger partial charge in [0.15, 0.2) is 5.60 Å². The number of ether oxygens (including phenoxy) is 2.